The van der Waals surface area contributed by atoms with Gasteiger partial charge in [-0.15, -0.1) is 0 Å². The second-order valence-electron chi connectivity index (χ2n) is 7.49. The summed E-state index contributed by atoms with van der Waals surface area (Å²) in [5.41, 5.74) is 1.59. The fourth-order valence-electron chi connectivity index (χ4n) is 3.78. The Bertz CT molecular complexity index is 1180. The molecule has 1 fully saturated rings. The Balaban J connectivity index is 1.60. The lowest BCUT2D eigenvalue weighted by Crippen LogP contribution is -2.43. The molecule has 2 aromatic rings. The minimum Gasteiger partial charge on any atom is -0.495 e. The molecule has 0 radical (unpaired) electrons. The predicted molar refractivity (Wildman–Crippen MR) is 111 cm³/mol. The van der Waals surface area contributed by atoms with Crippen molar-refractivity contribution >= 4 is 19.7 Å². The van der Waals surface area contributed by atoms with Crippen molar-refractivity contribution in [3.05, 3.63) is 47.5 Å². The maximum atomic E-state index is 13.4. The van der Waals surface area contributed by atoms with E-state index in [2.05, 4.69) is 5.32 Å². The van der Waals surface area contributed by atoms with Crippen LogP contribution in [0.25, 0.3) is 0 Å². The van der Waals surface area contributed by atoms with E-state index in [0.717, 1.165) is 11.1 Å². The Morgan fingerprint density at radius 3 is 2.63 bits per heavy atom. The standard InChI is InChI=1S/C20H23NO7S2/c1-13-3-5-17(26-2)19(7-13)30(24,25)20-11-29(22,23)10-15(20)21-9-14-4-6-16-18(8-14)28-12-27-16/h3-8,15,20-21H,9-12H2,1-2H3/t15-,20-/m0/s1. The molecule has 2 aromatic carbocycles. The van der Waals surface area contributed by atoms with Gasteiger partial charge in [-0.1, -0.05) is 12.1 Å². The molecule has 162 valence electrons. The van der Waals surface area contributed by atoms with Gasteiger partial charge in [0.05, 0.1) is 23.9 Å². The summed E-state index contributed by atoms with van der Waals surface area (Å²) in [7, 11) is -6.06. The summed E-state index contributed by atoms with van der Waals surface area (Å²) >= 11 is 0. The minimum atomic E-state index is -3.95. The lowest BCUT2D eigenvalue weighted by Gasteiger charge is -2.21. The van der Waals surface area contributed by atoms with Gasteiger partial charge in [-0.05, 0) is 42.3 Å². The first kappa shape index (κ1) is 21.0. The van der Waals surface area contributed by atoms with Gasteiger partial charge in [-0.3, -0.25) is 0 Å². The molecule has 2 heterocycles. The van der Waals surface area contributed by atoms with E-state index in [9.17, 15) is 16.8 Å². The molecule has 1 saturated heterocycles. The first-order valence-corrected chi connectivity index (χ1v) is 12.8. The van der Waals surface area contributed by atoms with Crippen LogP contribution in [-0.4, -0.2) is 53.5 Å². The van der Waals surface area contributed by atoms with Crippen molar-refractivity contribution in [1.82, 2.24) is 5.32 Å². The average Bonchev–Trinajstić information content (AvgIpc) is 3.29. The van der Waals surface area contributed by atoms with Crippen LogP contribution in [0, 0.1) is 6.92 Å². The van der Waals surface area contributed by atoms with Gasteiger partial charge in [-0.25, -0.2) is 16.8 Å². The van der Waals surface area contributed by atoms with E-state index in [1.54, 1.807) is 31.2 Å². The smallest absolute Gasteiger partial charge is 0.231 e. The van der Waals surface area contributed by atoms with E-state index in [1.165, 1.54) is 13.2 Å². The lowest BCUT2D eigenvalue weighted by atomic mass is 10.2. The highest BCUT2D eigenvalue weighted by atomic mass is 32.2. The zero-order valence-electron chi connectivity index (χ0n) is 16.6. The molecule has 0 aromatic heterocycles. The van der Waals surface area contributed by atoms with Gasteiger partial charge >= 0.3 is 0 Å². The number of benzene rings is 2. The molecule has 2 atom stereocenters. The first-order valence-electron chi connectivity index (χ1n) is 9.40. The average molecular weight is 454 g/mol. The monoisotopic (exact) mass is 453 g/mol. The SMILES string of the molecule is COc1ccc(C)cc1S(=O)(=O)[C@H]1CS(=O)(=O)C[C@@H]1NCc1ccc2c(c1)OCO2. The molecule has 4 rings (SSSR count). The first-order chi connectivity index (χ1) is 14.2. The van der Waals surface area contributed by atoms with Gasteiger partial charge in [0.2, 0.25) is 6.79 Å². The van der Waals surface area contributed by atoms with Crippen LogP contribution in [0.1, 0.15) is 11.1 Å². The van der Waals surface area contributed by atoms with Crippen molar-refractivity contribution < 1.29 is 31.0 Å². The Labute approximate surface area is 176 Å². The van der Waals surface area contributed by atoms with E-state index >= 15 is 0 Å². The third-order valence-electron chi connectivity index (χ3n) is 5.33. The van der Waals surface area contributed by atoms with Crippen molar-refractivity contribution in [2.45, 2.75) is 29.7 Å². The van der Waals surface area contributed by atoms with E-state index in [0.29, 0.717) is 18.0 Å². The van der Waals surface area contributed by atoms with Gasteiger partial charge < -0.3 is 19.5 Å². The highest BCUT2D eigenvalue weighted by molar-refractivity contribution is 7.96. The largest absolute Gasteiger partial charge is 0.495 e. The maximum absolute atomic E-state index is 13.4. The highest BCUT2D eigenvalue weighted by Gasteiger charge is 2.46. The molecule has 2 aliphatic rings. The molecule has 30 heavy (non-hydrogen) atoms. The summed E-state index contributed by atoms with van der Waals surface area (Å²) in [6.45, 7) is 2.23. The second kappa shape index (κ2) is 7.75. The van der Waals surface area contributed by atoms with Gasteiger partial charge in [0.1, 0.15) is 10.6 Å². The number of rotatable bonds is 6. The van der Waals surface area contributed by atoms with Gasteiger partial charge in [0.15, 0.2) is 31.2 Å². The number of hydrogen-bond acceptors (Lipinski definition) is 8. The molecule has 0 spiro atoms. The number of aryl methyl sites for hydroxylation is 1. The van der Waals surface area contributed by atoms with Crippen LogP contribution in [0.2, 0.25) is 0 Å². The maximum Gasteiger partial charge on any atom is 0.231 e. The molecular weight excluding hydrogens is 430 g/mol. The van der Waals surface area contributed by atoms with Crippen molar-refractivity contribution in [3.8, 4) is 17.2 Å². The molecule has 0 aliphatic carbocycles. The number of methoxy groups -OCH3 is 1. The van der Waals surface area contributed by atoms with E-state index in [1.807, 2.05) is 6.07 Å². The van der Waals surface area contributed by atoms with Crippen molar-refractivity contribution in [3.63, 3.8) is 0 Å². The quantitative estimate of drug-likeness (QED) is 0.701. The molecule has 0 amide bonds. The van der Waals surface area contributed by atoms with Gasteiger partial charge in [0.25, 0.3) is 0 Å². The molecule has 1 N–H and O–H groups in total. The number of sulfone groups is 2. The molecule has 0 saturated carbocycles. The summed E-state index contributed by atoms with van der Waals surface area (Å²) < 4.78 is 67.4. The molecule has 8 nitrogen and oxygen atoms in total. The Morgan fingerprint density at radius 1 is 1.10 bits per heavy atom. The lowest BCUT2D eigenvalue weighted by molar-refractivity contribution is 0.174. The minimum absolute atomic E-state index is 0.0157. The third kappa shape index (κ3) is 3.99. The third-order valence-corrected chi connectivity index (χ3v) is 9.50. The number of nitrogens with one attached hydrogen (secondary N) is 1. The van der Waals surface area contributed by atoms with Crippen LogP contribution in [-0.2, 0) is 26.2 Å². The summed E-state index contributed by atoms with van der Waals surface area (Å²) in [5.74, 6) is 0.802. The van der Waals surface area contributed by atoms with Gasteiger partial charge in [-0.2, -0.15) is 0 Å². The topological polar surface area (TPSA) is 108 Å². The molecule has 0 bridgehead atoms. The predicted octanol–water partition coefficient (Wildman–Crippen LogP) is 1.46. The van der Waals surface area contributed by atoms with E-state index in [-0.39, 0.29) is 23.2 Å². The van der Waals surface area contributed by atoms with Crippen LogP contribution in [0.5, 0.6) is 17.2 Å². The van der Waals surface area contributed by atoms with Crippen LogP contribution < -0.4 is 19.5 Å². The fourth-order valence-corrected chi connectivity index (χ4v) is 8.74. The molecular formula is C20H23NO7S2. The highest BCUT2D eigenvalue weighted by Crippen LogP contribution is 2.34. The zero-order chi connectivity index (χ0) is 21.5. The normalized spacial score (nSPS) is 22.2. The molecule has 2 aliphatic heterocycles. The van der Waals surface area contributed by atoms with Gasteiger partial charge in [0, 0.05) is 12.6 Å². The summed E-state index contributed by atoms with van der Waals surface area (Å²) in [6.07, 6.45) is 0. The summed E-state index contributed by atoms with van der Waals surface area (Å²) in [6, 6.07) is 9.52. The second-order valence-corrected chi connectivity index (χ2v) is 11.8. The van der Waals surface area contributed by atoms with E-state index in [4.69, 9.17) is 14.2 Å². The fraction of sp³-hybridized carbons (Fsp3) is 0.400. The number of ether oxygens (including phenoxy) is 3. The zero-order valence-corrected chi connectivity index (χ0v) is 18.3. The van der Waals surface area contributed by atoms with Crippen molar-refractivity contribution in [2.75, 3.05) is 25.4 Å². The Morgan fingerprint density at radius 2 is 1.87 bits per heavy atom. The van der Waals surface area contributed by atoms with Crippen molar-refractivity contribution in [2.24, 2.45) is 0 Å². The van der Waals surface area contributed by atoms with Crippen LogP contribution in [0.3, 0.4) is 0 Å². The molecule has 10 heteroatoms. The number of fused-ring (bicyclic) bond motifs is 1. The van der Waals surface area contributed by atoms with Crippen LogP contribution in [0.15, 0.2) is 41.3 Å². The Kier molecular flexibility index (Phi) is 5.41. The van der Waals surface area contributed by atoms with Crippen LogP contribution >= 0.6 is 0 Å². The molecule has 0 unspecified atom stereocenters. The summed E-state index contributed by atoms with van der Waals surface area (Å²) in [4.78, 5) is 0.0157. The van der Waals surface area contributed by atoms with E-state index < -0.39 is 36.7 Å². The summed E-state index contributed by atoms with van der Waals surface area (Å²) in [5, 5.41) is 2.02. The number of hydrogen-bond donors (Lipinski definition) is 1. The van der Waals surface area contributed by atoms with Crippen molar-refractivity contribution in [1.29, 1.82) is 0 Å². The Hall–Kier alpha value is -2.30. The van der Waals surface area contributed by atoms with Crippen LogP contribution in [0.4, 0.5) is 0 Å².